The quantitative estimate of drug-likeness (QED) is 0.770. The number of hydrogen-bond acceptors (Lipinski definition) is 6. The molecule has 0 aliphatic carbocycles. The lowest BCUT2D eigenvalue weighted by molar-refractivity contribution is 0.0697. The predicted octanol–water partition coefficient (Wildman–Crippen LogP) is 2.54. The van der Waals surface area contributed by atoms with Crippen LogP contribution in [0.2, 0.25) is 0 Å². The molecule has 2 aromatic heterocycles. The molecule has 3 aromatic rings. The molecule has 1 aromatic carbocycles. The van der Waals surface area contributed by atoms with Crippen LogP contribution in [0.15, 0.2) is 28.8 Å². The minimum absolute atomic E-state index is 0.0954. The second-order valence-corrected chi connectivity index (χ2v) is 5.32. The van der Waals surface area contributed by atoms with E-state index in [0.717, 1.165) is 0 Å². The van der Waals surface area contributed by atoms with Crippen molar-refractivity contribution in [3.63, 3.8) is 0 Å². The maximum atomic E-state index is 11.9. The molecule has 3 rings (SSSR count). The topological polar surface area (TPSA) is 105 Å². The summed E-state index contributed by atoms with van der Waals surface area (Å²) in [6.07, 6.45) is 0. The van der Waals surface area contributed by atoms with Gasteiger partial charge in [-0.05, 0) is 25.1 Å². The van der Waals surface area contributed by atoms with Crippen molar-refractivity contribution >= 4 is 38.6 Å². The van der Waals surface area contributed by atoms with Crippen LogP contribution in [-0.4, -0.2) is 27.1 Å². The van der Waals surface area contributed by atoms with Gasteiger partial charge in [-0.3, -0.25) is 10.1 Å². The monoisotopic (exact) mass is 303 g/mol. The van der Waals surface area contributed by atoms with Gasteiger partial charge in [-0.15, -0.1) is 0 Å². The first-order valence-electron chi connectivity index (χ1n) is 5.91. The Hall–Kier alpha value is -2.74. The summed E-state index contributed by atoms with van der Waals surface area (Å²) in [4.78, 5) is 27.0. The number of amides is 1. The molecule has 0 radical (unpaired) electrons. The Labute approximate surface area is 122 Å². The number of aryl methyl sites for hydroxylation is 1. The minimum Gasteiger partial charge on any atom is -0.478 e. The van der Waals surface area contributed by atoms with Crippen molar-refractivity contribution in [1.29, 1.82) is 0 Å². The van der Waals surface area contributed by atoms with Crippen LogP contribution in [0.5, 0.6) is 0 Å². The number of carbonyl (C=O) groups excluding carboxylic acids is 1. The van der Waals surface area contributed by atoms with Gasteiger partial charge in [0.15, 0.2) is 5.13 Å². The van der Waals surface area contributed by atoms with Crippen molar-refractivity contribution in [3.8, 4) is 0 Å². The molecule has 0 atom stereocenters. The summed E-state index contributed by atoms with van der Waals surface area (Å²) in [7, 11) is 0. The van der Waals surface area contributed by atoms with E-state index in [-0.39, 0.29) is 11.3 Å². The van der Waals surface area contributed by atoms with Crippen molar-refractivity contribution in [2.24, 2.45) is 0 Å². The first-order chi connectivity index (χ1) is 10.0. The maximum absolute atomic E-state index is 11.9. The third-order valence-corrected chi connectivity index (χ3v) is 3.64. The fourth-order valence-electron chi connectivity index (χ4n) is 1.74. The third kappa shape index (κ3) is 2.61. The Morgan fingerprint density at radius 1 is 1.33 bits per heavy atom. The van der Waals surface area contributed by atoms with Crippen molar-refractivity contribution in [2.75, 3.05) is 5.32 Å². The molecule has 0 aliphatic rings. The van der Waals surface area contributed by atoms with Crippen molar-refractivity contribution < 1.29 is 19.2 Å². The summed E-state index contributed by atoms with van der Waals surface area (Å²) in [6, 6.07) is 6.11. The average Bonchev–Trinajstić information content (AvgIpc) is 3.03. The molecule has 0 unspecified atom stereocenters. The van der Waals surface area contributed by atoms with Gasteiger partial charge in [0.25, 0.3) is 5.91 Å². The van der Waals surface area contributed by atoms with Gasteiger partial charge in [0.05, 0.1) is 21.5 Å². The van der Waals surface area contributed by atoms with E-state index in [1.807, 2.05) is 0 Å². The number of rotatable bonds is 3. The molecule has 1 amide bonds. The highest BCUT2D eigenvalue weighted by Crippen LogP contribution is 2.27. The van der Waals surface area contributed by atoms with Crippen LogP contribution < -0.4 is 5.32 Å². The lowest BCUT2D eigenvalue weighted by Gasteiger charge is -1.95. The summed E-state index contributed by atoms with van der Waals surface area (Å²) >= 11 is 1.19. The summed E-state index contributed by atoms with van der Waals surface area (Å²) in [6.45, 7) is 1.71. The van der Waals surface area contributed by atoms with Gasteiger partial charge in [0, 0.05) is 6.07 Å². The Morgan fingerprint density at radius 3 is 2.81 bits per heavy atom. The Bertz CT molecular complexity index is 852. The minimum atomic E-state index is -1.01. The lowest BCUT2D eigenvalue weighted by Crippen LogP contribution is -2.10. The number of nitrogens with one attached hydrogen (secondary N) is 1. The molecule has 0 bridgehead atoms. The predicted molar refractivity (Wildman–Crippen MR) is 75.8 cm³/mol. The van der Waals surface area contributed by atoms with Gasteiger partial charge in [0.2, 0.25) is 5.76 Å². The highest BCUT2D eigenvalue weighted by atomic mass is 32.1. The fourth-order valence-corrected chi connectivity index (χ4v) is 2.64. The summed E-state index contributed by atoms with van der Waals surface area (Å²) in [5.41, 5.74) is 1.40. The first-order valence-corrected chi connectivity index (χ1v) is 6.73. The summed E-state index contributed by atoms with van der Waals surface area (Å²) < 4.78 is 5.54. The zero-order valence-corrected chi connectivity index (χ0v) is 11.6. The number of thiazole rings is 1. The second kappa shape index (κ2) is 4.98. The van der Waals surface area contributed by atoms with Crippen molar-refractivity contribution in [3.05, 3.63) is 41.3 Å². The van der Waals surface area contributed by atoms with Crippen molar-refractivity contribution in [1.82, 2.24) is 10.1 Å². The van der Waals surface area contributed by atoms with Crippen LogP contribution in [0.3, 0.4) is 0 Å². The van der Waals surface area contributed by atoms with Gasteiger partial charge in [-0.25, -0.2) is 9.78 Å². The molecule has 21 heavy (non-hydrogen) atoms. The third-order valence-electron chi connectivity index (χ3n) is 2.71. The lowest BCUT2D eigenvalue weighted by atomic mass is 10.2. The van der Waals surface area contributed by atoms with Crippen LogP contribution in [0.4, 0.5) is 5.13 Å². The number of hydrogen-bond donors (Lipinski definition) is 2. The fraction of sp³-hybridized carbons (Fsp3) is 0.0769. The van der Waals surface area contributed by atoms with E-state index in [4.69, 9.17) is 9.63 Å². The SMILES string of the molecule is Cc1cc(C(=O)Nc2nc3ccc(C(=O)O)cc3s2)on1. The van der Waals surface area contributed by atoms with Gasteiger partial charge >= 0.3 is 5.97 Å². The number of benzene rings is 1. The van der Waals surface area contributed by atoms with E-state index in [1.165, 1.54) is 29.5 Å². The van der Waals surface area contributed by atoms with E-state index in [2.05, 4.69) is 15.5 Å². The molecule has 106 valence electrons. The van der Waals surface area contributed by atoms with Crippen LogP contribution in [0, 0.1) is 6.92 Å². The first kappa shape index (κ1) is 13.3. The van der Waals surface area contributed by atoms with Gasteiger partial charge in [-0.2, -0.15) is 0 Å². The number of aromatic nitrogens is 2. The Kier molecular flexibility index (Phi) is 3.15. The standard InChI is InChI=1S/C13H9N3O4S/c1-6-4-9(20-16-6)11(17)15-13-14-8-3-2-7(12(18)19)5-10(8)21-13/h2-5H,1H3,(H,18,19)(H,14,15,17). The highest BCUT2D eigenvalue weighted by Gasteiger charge is 2.15. The van der Waals surface area contributed by atoms with E-state index in [1.54, 1.807) is 13.0 Å². The zero-order valence-electron chi connectivity index (χ0n) is 10.8. The summed E-state index contributed by atoms with van der Waals surface area (Å²) in [5.74, 6) is -1.36. The number of anilines is 1. The van der Waals surface area contributed by atoms with Gasteiger partial charge < -0.3 is 9.63 Å². The largest absolute Gasteiger partial charge is 0.478 e. The Morgan fingerprint density at radius 2 is 2.14 bits per heavy atom. The molecule has 2 heterocycles. The number of carboxylic acids is 1. The molecule has 0 spiro atoms. The summed E-state index contributed by atoms with van der Waals surface area (Å²) in [5, 5.41) is 15.5. The molecular formula is C13H9N3O4S. The molecule has 7 nitrogen and oxygen atoms in total. The van der Waals surface area contributed by atoms with Crippen LogP contribution >= 0.6 is 11.3 Å². The van der Waals surface area contributed by atoms with Gasteiger partial charge in [0.1, 0.15) is 0 Å². The molecule has 0 aliphatic heterocycles. The number of aromatic carboxylic acids is 1. The second-order valence-electron chi connectivity index (χ2n) is 4.29. The van der Waals surface area contributed by atoms with E-state index >= 15 is 0 Å². The maximum Gasteiger partial charge on any atom is 0.335 e. The zero-order chi connectivity index (χ0) is 15.0. The molecule has 2 N–H and O–H groups in total. The molecule has 0 saturated carbocycles. The van der Waals surface area contributed by atoms with Crippen LogP contribution in [0.1, 0.15) is 26.6 Å². The normalized spacial score (nSPS) is 10.7. The number of fused-ring (bicyclic) bond motifs is 1. The molecule has 0 saturated heterocycles. The number of carbonyl (C=O) groups is 2. The van der Waals surface area contributed by atoms with E-state index < -0.39 is 11.9 Å². The van der Waals surface area contributed by atoms with E-state index in [9.17, 15) is 9.59 Å². The van der Waals surface area contributed by atoms with E-state index in [0.29, 0.717) is 21.0 Å². The average molecular weight is 303 g/mol. The van der Waals surface area contributed by atoms with Crippen molar-refractivity contribution in [2.45, 2.75) is 6.92 Å². The van der Waals surface area contributed by atoms with Crippen LogP contribution in [-0.2, 0) is 0 Å². The smallest absolute Gasteiger partial charge is 0.335 e. The molecular weight excluding hydrogens is 294 g/mol. The number of carboxylic acid groups (broad SMARTS) is 1. The van der Waals surface area contributed by atoms with Crippen LogP contribution in [0.25, 0.3) is 10.2 Å². The Balaban J connectivity index is 1.87. The number of nitrogens with zero attached hydrogens (tertiary/aromatic N) is 2. The molecule has 0 fully saturated rings. The molecule has 8 heteroatoms. The van der Waals surface area contributed by atoms with Gasteiger partial charge in [-0.1, -0.05) is 16.5 Å². The highest BCUT2D eigenvalue weighted by molar-refractivity contribution is 7.22.